The number of carbonyl (C=O) groups excluding carboxylic acids is 1. The number of thioether (sulfide) groups is 1. The second-order valence-electron chi connectivity index (χ2n) is 6.37. The molecular formula is C20H21N3OS. The summed E-state index contributed by atoms with van der Waals surface area (Å²) in [7, 11) is 0. The highest BCUT2D eigenvalue weighted by molar-refractivity contribution is 8.00. The largest absolute Gasteiger partial charge is 0.341 e. The molecule has 1 unspecified atom stereocenters. The number of para-hydroxylation sites is 3. The topological polar surface area (TPSA) is 49.0 Å². The van der Waals surface area contributed by atoms with Gasteiger partial charge in [-0.3, -0.25) is 4.79 Å². The summed E-state index contributed by atoms with van der Waals surface area (Å²) in [5.74, 6) is 1.57. The minimum Gasteiger partial charge on any atom is -0.341 e. The van der Waals surface area contributed by atoms with E-state index >= 15 is 0 Å². The second-order valence-corrected chi connectivity index (χ2v) is 7.70. The number of imidazole rings is 1. The predicted octanol–water partition coefficient (Wildman–Crippen LogP) is 4.34. The summed E-state index contributed by atoms with van der Waals surface area (Å²) in [5, 5.41) is 0.149. The monoisotopic (exact) mass is 351 g/mol. The van der Waals surface area contributed by atoms with Gasteiger partial charge in [0.15, 0.2) is 0 Å². The van der Waals surface area contributed by atoms with Crippen molar-refractivity contribution in [3.63, 3.8) is 0 Å². The molecule has 0 saturated heterocycles. The SMILES string of the molecule is CC(SCC(=O)N1CCCc2ccccc21)c1nc2ccccc2[nH]1. The van der Waals surface area contributed by atoms with Crippen LogP contribution in [0, 0.1) is 0 Å². The normalized spacial score (nSPS) is 15.2. The first-order valence-electron chi connectivity index (χ1n) is 8.67. The van der Waals surface area contributed by atoms with Crippen LogP contribution in [0.5, 0.6) is 0 Å². The van der Waals surface area contributed by atoms with Gasteiger partial charge in [0.25, 0.3) is 0 Å². The molecule has 0 aliphatic carbocycles. The van der Waals surface area contributed by atoms with Crippen LogP contribution in [-0.4, -0.2) is 28.2 Å². The van der Waals surface area contributed by atoms with Crippen LogP contribution < -0.4 is 4.90 Å². The van der Waals surface area contributed by atoms with Gasteiger partial charge in [-0.05, 0) is 43.5 Å². The van der Waals surface area contributed by atoms with Gasteiger partial charge in [0, 0.05) is 12.2 Å². The van der Waals surface area contributed by atoms with E-state index in [1.54, 1.807) is 11.8 Å². The van der Waals surface area contributed by atoms with Crippen LogP contribution in [0.3, 0.4) is 0 Å². The summed E-state index contributed by atoms with van der Waals surface area (Å²) in [6.07, 6.45) is 2.09. The Labute approximate surface area is 151 Å². The average molecular weight is 351 g/mol. The standard InChI is InChI=1S/C20H21N3OS/c1-14(20-21-16-9-3-4-10-17(16)22-20)25-13-19(24)23-12-6-8-15-7-2-5-11-18(15)23/h2-5,7,9-11,14H,6,8,12-13H2,1H3,(H,21,22). The Morgan fingerprint density at radius 2 is 2.04 bits per heavy atom. The number of hydrogen-bond acceptors (Lipinski definition) is 3. The maximum atomic E-state index is 12.7. The number of anilines is 1. The van der Waals surface area contributed by atoms with Gasteiger partial charge in [-0.25, -0.2) is 4.98 Å². The van der Waals surface area contributed by atoms with Gasteiger partial charge < -0.3 is 9.88 Å². The molecule has 4 rings (SSSR count). The molecule has 5 heteroatoms. The summed E-state index contributed by atoms with van der Waals surface area (Å²) in [6, 6.07) is 16.3. The molecule has 1 atom stereocenters. The number of benzene rings is 2. The number of aromatic amines is 1. The molecule has 0 radical (unpaired) electrons. The van der Waals surface area contributed by atoms with E-state index in [0.717, 1.165) is 41.9 Å². The molecule has 1 amide bonds. The summed E-state index contributed by atoms with van der Waals surface area (Å²) in [6.45, 7) is 2.91. The second kappa shape index (κ2) is 6.92. The first kappa shape index (κ1) is 16.2. The van der Waals surface area contributed by atoms with Crippen LogP contribution >= 0.6 is 11.8 Å². The lowest BCUT2D eigenvalue weighted by molar-refractivity contribution is -0.116. The minimum atomic E-state index is 0.149. The smallest absolute Gasteiger partial charge is 0.237 e. The van der Waals surface area contributed by atoms with Crippen molar-refractivity contribution in [2.24, 2.45) is 0 Å². The minimum absolute atomic E-state index is 0.149. The third-order valence-electron chi connectivity index (χ3n) is 4.66. The van der Waals surface area contributed by atoms with Gasteiger partial charge in [0.05, 0.1) is 22.0 Å². The summed E-state index contributed by atoms with van der Waals surface area (Å²) in [4.78, 5) is 22.7. The van der Waals surface area contributed by atoms with Crippen molar-refractivity contribution in [3.8, 4) is 0 Å². The highest BCUT2D eigenvalue weighted by Gasteiger charge is 2.23. The van der Waals surface area contributed by atoms with E-state index in [1.807, 2.05) is 41.3 Å². The molecule has 0 fully saturated rings. The highest BCUT2D eigenvalue weighted by Crippen LogP contribution is 2.31. The molecule has 2 heterocycles. The van der Waals surface area contributed by atoms with E-state index in [0.29, 0.717) is 5.75 Å². The molecule has 1 N–H and O–H groups in total. The zero-order valence-electron chi connectivity index (χ0n) is 14.2. The zero-order valence-corrected chi connectivity index (χ0v) is 15.1. The highest BCUT2D eigenvalue weighted by atomic mass is 32.2. The van der Waals surface area contributed by atoms with E-state index in [9.17, 15) is 4.79 Å². The molecule has 128 valence electrons. The number of aromatic nitrogens is 2. The van der Waals surface area contributed by atoms with E-state index in [4.69, 9.17) is 0 Å². The van der Waals surface area contributed by atoms with E-state index in [-0.39, 0.29) is 11.2 Å². The van der Waals surface area contributed by atoms with Crippen molar-refractivity contribution in [2.45, 2.75) is 25.0 Å². The summed E-state index contributed by atoms with van der Waals surface area (Å²) >= 11 is 1.64. The van der Waals surface area contributed by atoms with Crippen molar-refractivity contribution in [3.05, 3.63) is 59.9 Å². The Morgan fingerprint density at radius 3 is 2.92 bits per heavy atom. The number of hydrogen-bond donors (Lipinski definition) is 1. The fourth-order valence-corrected chi connectivity index (χ4v) is 4.13. The number of nitrogens with zero attached hydrogens (tertiary/aromatic N) is 2. The Morgan fingerprint density at radius 1 is 1.24 bits per heavy atom. The zero-order chi connectivity index (χ0) is 17.2. The molecular weight excluding hydrogens is 330 g/mol. The average Bonchev–Trinajstić information content (AvgIpc) is 3.09. The number of amides is 1. The number of nitrogens with one attached hydrogen (secondary N) is 1. The number of rotatable bonds is 4. The number of fused-ring (bicyclic) bond motifs is 2. The molecule has 0 saturated carbocycles. The molecule has 3 aromatic rings. The van der Waals surface area contributed by atoms with Gasteiger partial charge in [-0.1, -0.05) is 30.3 Å². The van der Waals surface area contributed by atoms with Crippen molar-refractivity contribution >= 4 is 34.4 Å². The van der Waals surface area contributed by atoms with Gasteiger partial charge in [-0.2, -0.15) is 0 Å². The van der Waals surface area contributed by atoms with Gasteiger partial charge >= 0.3 is 0 Å². The predicted molar refractivity (Wildman–Crippen MR) is 104 cm³/mol. The molecule has 0 bridgehead atoms. The lowest BCUT2D eigenvalue weighted by atomic mass is 10.0. The van der Waals surface area contributed by atoms with Crippen LogP contribution in [0.25, 0.3) is 11.0 Å². The van der Waals surface area contributed by atoms with Gasteiger partial charge in [0.1, 0.15) is 5.82 Å². The Hall–Kier alpha value is -2.27. The third-order valence-corrected chi connectivity index (χ3v) is 5.80. The van der Waals surface area contributed by atoms with Crippen LogP contribution in [0.1, 0.15) is 30.0 Å². The molecule has 0 spiro atoms. The van der Waals surface area contributed by atoms with Crippen LogP contribution in [0.2, 0.25) is 0 Å². The van der Waals surface area contributed by atoms with Crippen molar-refractivity contribution < 1.29 is 4.79 Å². The lowest BCUT2D eigenvalue weighted by Crippen LogP contribution is -2.36. The lowest BCUT2D eigenvalue weighted by Gasteiger charge is -2.29. The Kier molecular flexibility index (Phi) is 4.49. The number of carbonyl (C=O) groups is 1. The quantitative estimate of drug-likeness (QED) is 0.761. The fourth-order valence-electron chi connectivity index (χ4n) is 3.31. The van der Waals surface area contributed by atoms with Gasteiger partial charge in [-0.15, -0.1) is 11.8 Å². The van der Waals surface area contributed by atoms with E-state index in [2.05, 4.69) is 29.0 Å². The van der Waals surface area contributed by atoms with E-state index < -0.39 is 0 Å². The van der Waals surface area contributed by atoms with E-state index in [1.165, 1.54) is 5.56 Å². The Balaban J connectivity index is 1.43. The molecule has 2 aromatic carbocycles. The van der Waals surface area contributed by atoms with Crippen LogP contribution in [0.4, 0.5) is 5.69 Å². The molecule has 1 aliphatic rings. The first-order chi connectivity index (χ1) is 12.2. The number of aryl methyl sites for hydroxylation is 1. The van der Waals surface area contributed by atoms with Crippen LogP contribution in [0.15, 0.2) is 48.5 Å². The van der Waals surface area contributed by atoms with Crippen molar-refractivity contribution in [1.82, 2.24) is 9.97 Å². The van der Waals surface area contributed by atoms with Crippen molar-refractivity contribution in [1.29, 1.82) is 0 Å². The molecule has 1 aliphatic heterocycles. The Bertz CT molecular complexity index is 872. The van der Waals surface area contributed by atoms with Gasteiger partial charge in [0.2, 0.25) is 5.91 Å². The number of H-pyrrole nitrogens is 1. The third kappa shape index (κ3) is 3.29. The molecule has 25 heavy (non-hydrogen) atoms. The fraction of sp³-hybridized carbons (Fsp3) is 0.300. The molecule has 1 aromatic heterocycles. The molecule has 4 nitrogen and oxygen atoms in total. The summed E-state index contributed by atoms with van der Waals surface area (Å²) in [5.41, 5.74) is 4.37. The van der Waals surface area contributed by atoms with Crippen molar-refractivity contribution in [2.75, 3.05) is 17.2 Å². The maximum Gasteiger partial charge on any atom is 0.237 e. The summed E-state index contributed by atoms with van der Waals surface area (Å²) < 4.78 is 0. The van der Waals surface area contributed by atoms with Crippen LogP contribution in [-0.2, 0) is 11.2 Å². The maximum absolute atomic E-state index is 12.7. The first-order valence-corrected chi connectivity index (χ1v) is 9.72.